The summed E-state index contributed by atoms with van der Waals surface area (Å²) in [4.78, 5) is 11.6. The maximum absolute atomic E-state index is 11.6. The second-order valence-electron chi connectivity index (χ2n) is 7.01. The van der Waals surface area contributed by atoms with Crippen LogP contribution in [0, 0.1) is 0 Å². The van der Waals surface area contributed by atoms with Crippen LogP contribution in [0.3, 0.4) is 0 Å². The second-order valence-corrected chi connectivity index (χ2v) is 7.01. The van der Waals surface area contributed by atoms with Gasteiger partial charge in [-0.25, -0.2) is 4.79 Å². The van der Waals surface area contributed by atoms with E-state index in [9.17, 15) is 4.79 Å². The van der Waals surface area contributed by atoms with Crippen molar-refractivity contribution in [3.8, 4) is 0 Å². The van der Waals surface area contributed by atoms with Crippen molar-refractivity contribution in [1.29, 1.82) is 0 Å². The van der Waals surface area contributed by atoms with Crippen LogP contribution in [0.1, 0.15) is 84.5 Å². The molecule has 5 heteroatoms. The van der Waals surface area contributed by atoms with Crippen molar-refractivity contribution < 1.29 is 23.7 Å². The van der Waals surface area contributed by atoms with Crippen LogP contribution in [0.25, 0.3) is 0 Å². The second kappa shape index (κ2) is 15.2. The molecule has 0 bridgehead atoms. The van der Waals surface area contributed by atoms with Gasteiger partial charge in [0.25, 0.3) is 0 Å². The molecule has 0 aliphatic carbocycles. The molecule has 5 nitrogen and oxygen atoms in total. The minimum Gasteiger partial charge on any atom is -0.458 e. The lowest BCUT2D eigenvalue weighted by atomic mass is 10.0. The van der Waals surface area contributed by atoms with E-state index in [4.69, 9.17) is 18.9 Å². The average Bonchev–Trinajstić information content (AvgIpc) is 3.06. The fourth-order valence-electron chi connectivity index (χ4n) is 3.03. The molecule has 0 radical (unpaired) electrons. The molecule has 0 fully saturated rings. The molecule has 2 unspecified atom stereocenters. The van der Waals surface area contributed by atoms with E-state index in [0.29, 0.717) is 13.0 Å². The maximum Gasteiger partial charge on any atom is 0.334 e. The zero-order valence-corrected chi connectivity index (χ0v) is 17.0. The van der Waals surface area contributed by atoms with Crippen molar-refractivity contribution in [2.75, 3.05) is 20.5 Å². The summed E-state index contributed by atoms with van der Waals surface area (Å²) in [6.45, 7) is 4.72. The first-order valence-corrected chi connectivity index (χ1v) is 10.3. The molecule has 1 heterocycles. The summed E-state index contributed by atoms with van der Waals surface area (Å²) in [5.74, 6) is -0.180. The van der Waals surface area contributed by atoms with Crippen LogP contribution in [0.4, 0.5) is 0 Å². The van der Waals surface area contributed by atoms with Gasteiger partial charge in [-0.2, -0.15) is 0 Å². The van der Waals surface area contributed by atoms with E-state index in [-0.39, 0.29) is 25.2 Å². The van der Waals surface area contributed by atoms with E-state index in [2.05, 4.69) is 6.92 Å². The molecule has 1 aliphatic rings. The quantitative estimate of drug-likeness (QED) is 0.202. The zero-order chi connectivity index (χ0) is 19.0. The van der Waals surface area contributed by atoms with Crippen LogP contribution in [0.5, 0.6) is 0 Å². The molecule has 0 aromatic rings. The number of esters is 1. The number of ether oxygens (including phenoxy) is 4. The molecule has 0 aromatic heterocycles. The van der Waals surface area contributed by atoms with Crippen molar-refractivity contribution in [3.05, 3.63) is 11.6 Å². The summed E-state index contributed by atoms with van der Waals surface area (Å²) in [6, 6.07) is 0. The van der Waals surface area contributed by atoms with E-state index >= 15 is 0 Å². The number of carbonyl (C=O) groups excluding carboxylic acids is 1. The molecule has 1 aliphatic heterocycles. The standard InChI is InChI=1S/C21H38O5/c1-4-5-6-7-8-9-10-11-12-20(26-17-25-18(2)23-3)14-13-19-15-16-24-21(19)22/h15,18,20H,4-14,16-17H2,1-3H3. The third-order valence-electron chi connectivity index (χ3n) is 4.86. The highest BCUT2D eigenvalue weighted by molar-refractivity contribution is 5.90. The molecule has 0 saturated carbocycles. The molecular weight excluding hydrogens is 332 g/mol. The van der Waals surface area contributed by atoms with Crippen molar-refractivity contribution in [1.82, 2.24) is 0 Å². The summed E-state index contributed by atoms with van der Waals surface area (Å²) in [5, 5.41) is 0. The highest BCUT2D eigenvalue weighted by Gasteiger charge is 2.19. The fraction of sp³-hybridized carbons (Fsp3) is 0.857. The monoisotopic (exact) mass is 370 g/mol. The van der Waals surface area contributed by atoms with Gasteiger partial charge in [0.2, 0.25) is 0 Å². The topological polar surface area (TPSA) is 54.0 Å². The average molecular weight is 371 g/mol. The third kappa shape index (κ3) is 10.9. The summed E-state index contributed by atoms with van der Waals surface area (Å²) in [7, 11) is 1.61. The first-order valence-electron chi connectivity index (χ1n) is 10.3. The van der Waals surface area contributed by atoms with Crippen LogP contribution in [-0.4, -0.2) is 38.9 Å². The van der Waals surface area contributed by atoms with Crippen molar-refractivity contribution in [2.45, 2.75) is 96.9 Å². The summed E-state index contributed by atoms with van der Waals surface area (Å²) < 4.78 is 21.4. The molecule has 0 amide bonds. The first kappa shape index (κ1) is 23.1. The Morgan fingerprint density at radius 3 is 2.35 bits per heavy atom. The Morgan fingerprint density at radius 1 is 1.04 bits per heavy atom. The van der Waals surface area contributed by atoms with E-state index in [1.165, 1.54) is 44.9 Å². The number of carbonyl (C=O) groups is 1. The number of unbranched alkanes of at least 4 members (excludes halogenated alkanes) is 7. The van der Waals surface area contributed by atoms with Gasteiger partial charge in [-0.15, -0.1) is 0 Å². The van der Waals surface area contributed by atoms with Crippen molar-refractivity contribution in [3.63, 3.8) is 0 Å². The Kier molecular flexibility index (Phi) is 13.5. The molecule has 0 N–H and O–H groups in total. The number of hydrogen-bond donors (Lipinski definition) is 0. The number of cyclic esters (lactones) is 1. The molecule has 1 rings (SSSR count). The lowest BCUT2D eigenvalue weighted by Gasteiger charge is -2.19. The molecule has 0 spiro atoms. The summed E-state index contributed by atoms with van der Waals surface area (Å²) in [6.07, 6.45) is 14.6. The number of methoxy groups -OCH3 is 1. The van der Waals surface area contributed by atoms with Gasteiger partial charge in [0.1, 0.15) is 13.4 Å². The molecule has 152 valence electrons. The minimum atomic E-state index is -0.272. The Morgan fingerprint density at radius 2 is 1.73 bits per heavy atom. The number of rotatable bonds is 17. The highest BCUT2D eigenvalue weighted by Crippen LogP contribution is 2.20. The van der Waals surface area contributed by atoms with Crippen LogP contribution in [0.15, 0.2) is 11.6 Å². The van der Waals surface area contributed by atoms with Crippen molar-refractivity contribution >= 4 is 5.97 Å². The van der Waals surface area contributed by atoms with Gasteiger partial charge in [0.15, 0.2) is 6.29 Å². The summed E-state index contributed by atoms with van der Waals surface area (Å²) >= 11 is 0. The molecular formula is C21H38O5. The Balaban J connectivity index is 2.22. The minimum absolute atomic E-state index is 0.105. The normalized spacial score (nSPS) is 16.4. The zero-order valence-electron chi connectivity index (χ0n) is 17.0. The predicted octanol–water partition coefficient (Wildman–Crippen LogP) is 5.13. The molecule has 0 saturated heterocycles. The maximum atomic E-state index is 11.6. The molecule has 0 aromatic carbocycles. The van der Waals surface area contributed by atoms with Gasteiger partial charge in [-0.3, -0.25) is 0 Å². The van der Waals surface area contributed by atoms with Gasteiger partial charge >= 0.3 is 5.97 Å². The van der Waals surface area contributed by atoms with E-state index < -0.39 is 0 Å². The van der Waals surface area contributed by atoms with E-state index in [1.807, 2.05) is 13.0 Å². The van der Waals surface area contributed by atoms with Crippen LogP contribution >= 0.6 is 0 Å². The highest BCUT2D eigenvalue weighted by atomic mass is 16.7. The third-order valence-corrected chi connectivity index (χ3v) is 4.86. The van der Waals surface area contributed by atoms with Gasteiger partial charge in [0, 0.05) is 12.7 Å². The fourth-order valence-corrected chi connectivity index (χ4v) is 3.03. The predicted molar refractivity (Wildman–Crippen MR) is 103 cm³/mol. The largest absolute Gasteiger partial charge is 0.458 e. The van der Waals surface area contributed by atoms with Gasteiger partial charge in [-0.1, -0.05) is 58.3 Å². The van der Waals surface area contributed by atoms with Gasteiger partial charge in [0.05, 0.1) is 6.10 Å². The lowest BCUT2D eigenvalue weighted by molar-refractivity contribution is -0.189. The van der Waals surface area contributed by atoms with Crippen LogP contribution in [-0.2, 0) is 23.7 Å². The Labute approximate surface area is 159 Å². The number of hydrogen-bond acceptors (Lipinski definition) is 5. The molecule has 26 heavy (non-hydrogen) atoms. The van der Waals surface area contributed by atoms with E-state index in [1.54, 1.807) is 7.11 Å². The smallest absolute Gasteiger partial charge is 0.334 e. The Bertz CT molecular complexity index is 394. The first-order chi connectivity index (χ1) is 12.7. The SMILES string of the molecule is CCCCCCCCCCC(CCC1=CCOC1=O)OCOC(C)OC. The van der Waals surface area contributed by atoms with Gasteiger partial charge < -0.3 is 18.9 Å². The lowest BCUT2D eigenvalue weighted by Crippen LogP contribution is -2.20. The summed E-state index contributed by atoms with van der Waals surface area (Å²) in [5.41, 5.74) is 0.778. The van der Waals surface area contributed by atoms with Crippen LogP contribution < -0.4 is 0 Å². The Hall–Kier alpha value is -0.910. The van der Waals surface area contributed by atoms with Crippen LogP contribution in [0.2, 0.25) is 0 Å². The molecule has 2 atom stereocenters. The van der Waals surface area contributed by atoms with Crippen molar-refractivity contribution in [2.24, 2.45) is 0 Å². The van der Waals surface area contributed by atoms with Gasteiger partial charge in [-0.05, 0) is 32.3 Å². The van der Waals surface area contributed by atoms with E-state index in [0.717, 1.165) is 24.8 Å².